The molecular formula is C19H24ClN3OS. The van der Waals surface area contributed by atoms with Crippen molar-refractivity contribution in [2.75, 3.05) is 26.2 Å². The Morgan fingerprint density at radius 3 is 2.56 bits per heavy atom. The highest BCUT2D eigenvalue weighted by Gasteiger charge is 2.23. The number of rotatable bonds is 3. The fraction of sp³-hybridized carbons (Fsp3) is 0.474. The second-order valence-electron chi connectivity index (χ2n) is 7.46. The molecule has 0 bridgehead atoms. The second-order valence-corrected chi connectivity index (χ2v) is 8.83. The highest BCUT2D eigenvalue weighted by Crippen LogP contribution is 2.24. The molecule has 0 aliphatic carbocycles. The summed E-state index contributed by atoms with van der Waals surface area (Å²) in [6.45, 7) is 10.6. The summed E-state index contributed by atoms with van der Waals surface area (Å²) in [4.78, 5) is 21.6. The number of aromatic nitrogens is 1. The molecule has 3 rings (SSSR count). The predicted octanol–water partition coefficient (Wildman–Crippen LogP) is 4.05. The van der Waals surface area contributed by atoms with E-state index in [2.05, 4.69) is 31.1 Å². The van der Waals surface area contributed by atoms with Crippen molar-refractivity contribution in [1.82, 2.24) is 14.8 Å². The Morgan fingerprint density at radius 1 is 1.24 bits per heavy atom. The van der Waals surface area contributed by atoms with E-state index in [0.717, 1.165) is 43.4 Å². The number of hydrogen-bond donors (Lipinski definition) is 0. The van der Waals surface area contributed by atoms with E-state index in [0.29, 0.717) is 10.6 Å². The van der Waals surface area contributed by atoms with Gasteiger partial charge in [0.25, 0.3) is 5.91 Å². The van der Waals surface area contributed by atoms with Gasteiger partial charge in [-0.3, -0.25) is 9.69 Å². The first-order chi connectivity index (χ1) is 11.8. The lowest BCUT2D eigenvalue weighted by Gasteiger charge is -2.34. The molecule has 1 amide bonds. The average molecular weight is 378 g/mol. The smallest absolute Gasteiger partial charge is 0.253 e. The zero-order chi connectivity index (χ0) is 18.0. The summed E-state index contributed by atoms with van der Waals surface area (Å²) in [5.74, 6) is 0.0615. The van der Waals surface area contributed by atoms with Crippen LogP contribution in [-0.4, -0.2) is 46.9 Å². The minimum Gasteiger partial charge on any atom is -0.336 e. The highest BCUT2D eigenvalue weighted by atomic mass is 35.5. The minimum atomic E-state index is 0.0615. The Hall–Kier alpha value is -1.43. The third-order valence-electron chi connectivity index (χ3n) is 4.41. The van der Waals surface area contributed by atoms with Crippen LogP contribution in [0.4, 0.5) is 0 Å². The van der Waals surface area contributed by atoms with Crippen LogP contribution in [0.25, 0.3) is 0 Å². The van der Waals surface area contributed by atoms with Crippen LogP contribution in [0.5, 0.6) is 0 Å². The number of hydrogen-bond acceptors (Lipinski definition) is 4. The molecule has 1 aliphatic heterocycles. The van der Waals surface area contributed by atoms with Gasteiger partial charge in [-0.05, 0) is 18.2 Å². The molecule has 1 fully saturated rings. The molecule has 2 heterocycles. The van der Waals surface area contributed by atoms with Crippen LogP contribution in [0.3, 0.4) is 0 Å². The molecule has 0 saturated carbocycles. The molecule has 0 unspecified atom stereocenters. The Bertz CT molecular complexity index is 745. The van der Waals surface area contributed by atoms with E-state index in [-0.39, 0.29) is 11.3 Å². The van der Waals surface area contributed by atoms with Gasteiger partial charge in [-0.25, -0.2) is 4.98 Å². The number of amides is 1. The largest absolute Gasteiger partial charge is 0.336 e. The van der Waals surface area contributed by atoms with Gasteiger partial charge in [0.15, 0.2) is 0 Å². The third-order valence-corrected chi connectivity index (χ3v) is 5.48. The molecular weight excluding hydrogens is 354 g/mol. The molecule has 2 aromatic rings. The van der Waals surface area contributed by atoms with E-state index in [9.17, 15) is 4.79 Å². The average Bonchev–Trinajstić information content (AvgIpc) is 3.04. The maximum Gasteiger partial charge on any atom is 0.253 e. The van der Waals surface area contributed by atoms with Gasteiger partial charge in [0.2, 0.25) is 0 Å². The van der Waals surface area contributed by atoms with Gasteiger partial charge in [-0.15, -0.1) is 11.3 Å². The van der Waals surface area contributed by atoms with Crippen LogP contribution in [0.2, 0.25) is 5.02 Å². The molecule has 1 aromatic heterocycles. The molecule has 1 aromatic carbocycles. The lowest BCUT2D eigenvalue weighted by atomic mass is 9.93. The van der Waals surface area contributed by atoms with E-state index in [4.69, 9.17) is 16.6 Å². The van der Waals surface area contributed by atoms with Crippen molar-refractivity contribution in [2.45, 2.75) is 32.7 Å². The number of halogens is 1. The summed E-state index contributed by atoms with van der Waals surface area (Å²) >= 11 is 7.72. The van der Waals surface area contributed by atoms with Gasteiger partial charge in [-0.2, -0.15) is 0 Å². The van der Waals surface area contributed by atoms with E-state index < -0.39 is 0 Å². The van der Waals surface area contributed by atoms with E-state index in [1.165, 1.54) is 0 Å². The monoisotopic (exact) mass is 377 g/mol. The molecule has 0 N–H and O–H groups in total. The fourth-order valence-electron chi connectivity index (χ4n) is 2.83. The molecule has 6 heteroatoms. The minimum absolute atomic E-state index is 0.0615. The molecule has 0 spiro atoms. The maximum absolute atomic E-state index is 12.6. The molecule has 0 radical (unpaired) electrons. The number of carbonyl (C=O) groups excluding carboxylic acids is 1. The van der Waals surface area contributed by atoms with Gasteiger partial charge < -0.3 is 4.90 Å². The maximum atomic E-state index is 12.6. The van der Waals surface area contributed by atoms with Crippen molar-refractivity contribution < 1.29 is 4.79 Å². The molecule has 4 nitrogen and oxygen atoms in total. The summed E-state index contributed by atoms with van der Waals surface area (Å²) in [7, 11) is 0. The normalized spacial score (nSPS) is 16.2. The van der Waals surface area contributed by atoms with Crippen LogP contribution >= 0.6 is 22.9 Å². The summed E-state index contributed by atoms with van der Waals surface area (Å²) in [5, 5.41) is 3.91. The topological polar surface area (TPSA) is 36.4 Å². The van der Waals surface area contributed by atoms with E-state index in [1.54, 1.807) is 23.5 Å². The van der Waals surface area contributed by atoms with Crippen LogP contribution in [-0.2, 0) is 12.0 Å². The van der Waals surface area contributed by atoms with E-state index >= 15 is 0 Å². The molecule has 25 heavy (non-hydrogen) atoms. The van der Waals surface area contributed by atoms with Crippen molar-refractivity contribution in [1.29, 1.82) is 0 Å². The van der Waals surface area contributed by atoms with Gasteiger partial charge in [0.1, 0.15) is 5.01 Å². The number of thiazole rings is 1. The summed E-state index contributed by atoms with van der Waals surface area (Å²) in [5.41, 5.74) is 1.91. The fourth-order valence-corrected chi connectivity index (χ4v) is 4.08. The lowest BCUT2D eigenvalue weighted by molar-refractivity contribution is 0.0628. The van der Waals surface area contributed by atoms with Crippen molar-refractivity contribution in [3.8, 4) is 0 Å². The van der Waals surface area contributed by atoms with Gasteiger partial charge in [-0.1, -0.05) is 38.4 Å². The van der Waals surface area contributed by atoms with Crippen LogP contribution in [0.15, 0.2) is 29.6 Å². The van der Waals surface area contributed by atoms with Crippen LogP contribution in [0.1, 0.15) is 41.8 Å². The highest BCUT2D eigenvalue weighted by molar-refractivity contribution is 7.09. The SMILES string of the molecule is CC(C)(C)c1csc(CN2CCN(C(=O)c3cccc(Cl)c3)CC2)n1. The van der Waals surface area contributed by atoms with Gasteiger partial charge in [0.05, 0.1) is 12.2 Å². The zero-order valence-electron chi connectivity index (χ0n) is 15.0. The van der Waals surface area contributed by atoms with Crippen LogP contribution in [0, 0.1) is 0 Å². The Labute approximate surface area is 158 Å². The first-order valence-corrected chi connectivity index (χ1v) is 9.81. The molecule has 1 aliphatic rings. The van der Waals surface area contributed by atoms with Crippen molar-refractivity contribution in [2.24, 2.45) is 0 Å². The number of carbonyl (C=O) groups is 1. The number of benzene rings is 1. The number of piperazine rings is 1. The first kappa shape index (κ1) is 18.4. The predicted molar refractivity (Wildman–Crippen MR) is 103 cm³/mol. The van der Waals surface area contributed by atoms with Gasteiger partial charge >= 0.3 is 0 Å². The Morgan fingerprint density at radius 2 is 1.96 bits per heavy atom. The lowest BCUT2D eigenvalue weighted by Crippen LogP contribution is -2.48. The summed E-state index contributed by atoms with van der Waals surface area (Å²) in [6, 6.07) is 7.17. The van der Waals surface area contributed by atoms with Crippen molar-refractivity contribution >= 4 is 28.8 Å². The zero-order valence-corrected chi connectivity index (χ0v) is 16.5. The standard InChI is InChI=1S/C19H24ClN3OS/c1-19(2,3)16-13-25-17(21-16)12-22-7-9-23(10-8-22)18(24)14-5-4-6-15(20)11-14/h4-6,11,13H,7-10,12H2,1-3H3. The van der Waals surface area contributed by atoms with E-state index in [1.807, 2.05) is 17.0 Å². The Balaban J connectivity index is 1.55. The third kappa shape index (κ3) is 4.60. The molecule has 1 saturated heterocycles. The quantitative estimate of drug-likeness (QED) is 0.809. The van der Waals surface area contributed by atoms with Gasteiger partial charge in [0, 0.05) is 47.6 Å². The summed E-state index contributed by atoms with van der Waals surface area (Å²) < 4.78 is 0. The molecule has 0 atom stereocenters. The van der Waals surface area contributed by atoms with Crippen molar-refractivity contribution in [3.63, 3.8) is 0 Å². The first-order valence-electron chi connectivity index (χ1n) is 8.55. The molecule has 134 valence electrons. The summed E-state index contributed by atoms with van der Waals surface area (Å²) in [6.07, 6.45) is 0. The Kier molecular flexibility index (Phi) is 5.46. The second kappa shape index (κ2) is 7.44. The van der Waals surface area contributed by atoms with Crippen molar-refractivity contribution in [3.05, 3.63) is 50.9 Å². The van der Waals surface area contributed by atoms with Crippen LogP contribution < -0.4 is 0 Å². The number of nitrogens with zero attached hydrogens (tertiary/aromatic N) is 3.